The fourth-order valence-corrected chi connectivity index (χ4v) is 2.67. The first-order valence-electron chi connectivity index (χ1n) is 7.50. The smallest absolute Gasteiger partial charge is 0.293 e. The highest BCUT2D eigenvalue weighted by atomic mass is 16.1. The molecule has 1 aliphatic rings. The van der Waals surface area contributed by atoms with Crippen molar-refractivity contribution in [3.8, 4) is 0 Å². The average Bonchev–Trinajstić information content (AvgIpc) is 2.40. The zero-order chi connectivity index (χ0) is 14.6. The summed E-state index contributed by atoms with van der Waals surface area (Å²) in [7, 11) is 0. The second-order valence-electron chi connectivity index (χ2n) is 6.57. The standard InChI is InChI=1S/C15H26N4O/c1-12(2)9-19-8-7-17-13(14(19)20)18-11-15(3)5-4-6-16-10-15/h7-8,12,16H,4-6,9-11H2,1-3H3,(H,17,18). The van der Waals surface area contributed by atoms with Gasteiger partial charge in [-0.15, -0.1) is 0 Å². The molecule has 0 spiro atoms. The molecule has 1 saturated heterocycles. The molecule has 0 amide bonds. The molecule has 5 nitrogen and oxygen atoms in total. The van der Waals surface area contributed by atoms with Gasteiger partial charge < -0.3 is 15.2 Å². The Balaban J connectivity index is 2.04. The van der Waals surface area contributed by atoms with Crippen LogP contribution in [0.1, 0.15) is 33.6 Å². The minimum atomic E-state index is -0.0198. The lowest BCUT2D eigenvalue weighted by Crippen LogP contribution is -2.43. The van der Waals surface area contributed by atoms with Crippen molar-refractivity contribution in [2.45, 2.75) is 40.2 Å². The summed E-state index contributed by atoms with van der Waals surface area (Å²) in [6.45, 7) is 10.1. The Labute approximate surface area is 120 Å². The van der Waals surface area contributed by atoms with E-state index in [4.69, 9.17) is 0 Å². The SMILES string of the molecule is CC(C)Cn1ccnc(NCC2(C)CCCNC2)c1=O. The Morgan fingerprint density at radius 1 is 1.55 bits per heavy atom. The van der Waals surface area contributed by atoms with Gasteiger partial charge >= 0.3 is 0 Å². The van der Waals surface area contributed by atoms with Gasteiger partial charge in [0, 0.05) is 32.0 Å². The predicted octanol–water partition coefficient (Wildman–Crippen LogP) is 1.70. The molecule has 2 rings (SSSR count). The second-order valence-corrected chi connectivity index (χ2v) is 6.57. The third-order valence-electron chi connectivity index (χ3n) is 3.84. The number of hydrogen-bond acceptors (Lipinski definition) is 4. The van der Waals surface area contributed by atoms with E-state index >= 15 is 0 Å². The van der Waals surface area contributed by atoms with E-state index in [1.165, 1.54) is 12.8 Å². The highest BCUT2D eigenvalue weighted by molar-refractivity contribution is 5.31. The maximum atomic E-state index is 12.3. The Hall–Kier alpha value is -1.36. The molecule has 0 saturated carbocycles. The maximum Gasteiger partial charge on any atom is 0.293 e. The van der Waals surface area contributed by atoms with Crippen molar-refractivity contribution in [3.05, 3.63) is 22.7 Å². The summed E-state index contributed by atoms with van der Waals surface area (Å²) in [5.74, 6) is 0.919. The van der Waals surface area contributed by atoms with Crippen molar-refractivity contribution < 1.29 is 0 Å². The molecule has 5 heteroatoms. The first kappa shape index (κ1) is 15.0. The Bertz CT molecular complexity index is 489. The highest BCUT2D eigenvalue weighted by Crippen LogP contribution is 2.25. The summed E-state index contributed by atoms with van der Waals surface area (Å²) in [5, 5.41) is 6.67. The second kappa shape index (κ2) is 6.39. The van der Waals surface area contributed by atoms with Gasteiger partial charge in [0.25, 0.3) is 5.56 Å². The van der Waals surface area contributed by atoms with E-state index < -0.39 is 0 Å². The van der Waals surface area contributed by atoms with Gasteiger partial charge in [0.15, 0.2) is 5.82 Å². The average molecular weight is 278 g/mol. The molecule has 1 aromatic heterocycles. The van der Waals surface area contributed by atoms with Gasteiger partial charge in [-0.05, 0) is 30.7 Å². The molecular weight excluding hydrogens is 252 g/mol. The van der Waals surface area contributed by atoms with Crippen molar-refractivity contribution in [2.24, 2.45) is 11.3 Å². The van der Waals surface area contributed by atoms with Crippen LogP contribution in [0.5, 0.6) is 0 Å². The van der Waals surface area contributed by atoms with Gasteiger partial charge in [0.05, 0.1) is 0 Å². The number of anilines is 1. The van der Waals surface area contributed by atoms with E-state index in [0.29, 0.717) is 11.7 Å². The predicted molar refractivity (Wildman–Crippen MR) is 82.0 cm³/mol. The summed E-state index contributed by atoms with van der Waals surface area (Å²) >= 11 is 0. The number of aromatic nitrogens is 2. The summed E-state index contributed by atoms with van der Waals surface area (Å²) in [6, 6.07) is 0. The summed E-state index contributed by atoms with van der Waals surface area (Å²) in [4.78, 5) is 16.5. The molecular formula is C15H26N4O. The van der Waals surface area contributed by atoms with Crippen LogP contribution in [-0.2, 0) is 6.54 Å². The number of nitrogens with zero attached hydrogens (tertiary/aromatic N) is 2. The van der Waals surface area contributed by atoms with Crippen molar-refractivity contribution in [1.29, 1.82) is 0 Å². The fourth-order valence-electron chi connectivity index (χ4n) is 2.67. The van der Waals surface area contributed by atoms with Crippen molar-refractivity contribution in [2.75, 3.05) is 25.0 Å². The monoisotopic (exact) mass is 278 g/mol. The van der Waals surface area contributed by atoms with E-state index in [2.05, 4.69) is 36.4 Å². The molecule has 0 aliphatic carbocycles. The van der Waals surface area contributed by atoms with Crippen LogP contribution in [-0.4, -0.2) is 29.2 Å². The lowest BCUT2D eigenvalue weighted by Gasteiger charge is -2.34. The molecule has 0 radical (unpaired) electrons. The zero-order valence-corrected chi connectivity index (χ0v) is 12.8. The summed E-state index contributed by atoms with van der Waals surface area (Å²) < 4.78 is 1.74. The number of hydrogen-bond donors (Lipinski definition) is 2. The highest BCUT2D eigenvalue weighted by Gasteiger charge is 2.26. The fraction of sp³-hybridized carbons (Fsp3) is 0.733. The molecule has 1 fully saturated rings. The van der Waals surface area contributed by atoms with Crippen LogP contribution >= 0.6 is 0 Å². The Kier molecular flexibility index (Phi) is 4.81. The van der Waals surface area contributed by atoms with E-state index in [0.717, 1.165) is 26.2 Å². The lowest BCUT2D eigenvalue weighted by molar-refractivity contribution is 0.253. The molecule has 1 aromatic rings. The van der Waals surface area contributed by atoms with Gasteiger partial charge in [0.2, 0.25) is 0 Å². The van der Waals surface area contributed by atoms with Gasteiger partial charge in [-0.25, -0.2) is 4.98 Å². The summed E-state index contributed by atoms with van der Waals surface area (Å²) in [6.07, 6.45) is 5.84. The maximum absolute atomic E-state index is 12.3. The van der Waals surface area contributed by atoms with E-state index in [-0.39, 0.29) is 11.0 Å². The zero-order valence-electron chi connectivity index (χ0n) is 12.8. The molecule has 1 aliphatic heterocycles. The van der Waals surface area contributed by atoms with Gasteiger partial charge in [-0.1, -0.05) is 20.8 Å². The molecule has 2 heterocycles. The number of rotatable bonds is 5. The molecule has 2 N–H and O–H groups in total. The third kappa shape index (κ3) is 3.82. The number of piperidine rings is 1. The van der Waals surface area contributed by atoms with Crippen molar-refractivity contribution in [1.82, 2.24) is 14.9 Å². The van der Waals surface area contributed by atoms with Gasteiger partial charge in [-0.2, -0.15) is 0 Å². The van der Waals surface area contributed by atoms with Crippen molar-refractivity contribution >= 4 is 5.82 Å². The van der Waals surface area contributed by atoms with E-state index in [1.54, 1.807) is 17.0 Å². The van der Waals surface area contributed by atoms with E-state index in [9.17, 15) is 4.79 Å². The third-order valence-corrected chi connectivity index (χ3v) is 3.84. The molecule has 20 heavy (non-hydrogen) atoms. The minimum Gasteiger partial charge on any atom is -0.365 e. The van der Waals surface area contributed by atoms with Crippen LogP contribution in [0.4, 0.5) is 5.82 Å². The molecule has 0 aromatic carbocycles. The van der Waals surface area contributed by atoms with Crippen LogP contribution in [0.3, 0.4) is 0 Å². The number of nitrogens with one attached hydrogen (secondary N) is 2. The van der Waals surface area contributed by atoms with Crippen LogP contribution < -0.4 is 16.2 Å². The Morgan fingerprint density at radius 2 is 2.35 bits per heavy atom. The molecule has 0 bridgehead atoms. The van der Waals surface area contributed by atoms with Crippen LogP contribution in [0.2, 0.25) is 0 Å². The lowest BCUT2D eigenvalue weighted by atomic mass is 9.83. The van der Waals surface area contributed by atoms with Crippen molar-refractivity contribution in [3.63, 3.8) is 0 Å². The molecule has 1 unspecified atom stereocenters. The summed E-state index contributed by atoms with van der Waals surface area (Å²) in [5.41, 5.74) is 0.180. The normalized spacial score (nSPS) is 23.0. The molecule has 1 atom stereocenters. The Morgan fingerprint density at radius 3 is 3.00 bits per heavy atom. The minimum absolute atomic E-state index is 0.0198. The first-order valence-corrected chi connectivity index (χ1v) is 7.50. The van der Waals surface area contributed by atoms with Gasteiger partial charge in [-0.3, -0.25) is 4.79 Å². The largest absolute Gasteiger partial charge is 0.365 e. The first-order chi connectivity index (χ1) is 9.50. The van der Waals surface area contributed by atoms with Crippen LogP contribution in [0, 0.1) is 11.3 Å². The van der Waals surface area contributed by atoms with Crippen LogP contribution in [0.25, 0.3) is 0 Å². The molecule has 112 valence electrons. The quantitative estimate of drug-likeness (QED) is 0.860. The van der Waals surface area contributed by atoms with Gasteiger partial charge in [0.1, 0.15) is 0 Å². The van der Waals surface area contributed by atoms with E-state index in [1.807, 2.05) is 0 Å². The topological polar surface area (TPSA) is 59.0 Å². The van der Waals surface area contributed by atoms with Crippen LogP contribution in [0.15, 0.2) is 17.2 Å².